The van der Waals surface area contributed by atoms with Gasteiger partial charge in [0.15, 0.2) is 0 Å². The Bertz CT molecular complexity index is 392. The smallest absolute Gasteiger partial charge is 0.0630 e. The van der Waals surface area contributed by atoms with Crippen LogP contribution in [0.3, 0.4) is 0 Å². The van der Waals surface area contributed by atoms with E-state index in [4.69, 9.17) is 2.74 Å². The number of nitrogens with one attached hydrogen (secondary N) is 1. The van der Waals surface area contributed by atoms with Crippen molar-refractivity contribution in [3.8, 4) is 0 Å². The topological polar surface area (TPSA) is 15.8 Å². The summed E-state index contributed by atoms with van der Waals surface area (Å²) in [5.41, 5.74) is 0.863. The van der Waals surface area contributed by atoms with Crippen molar-refractivity contribution in [1.82, 2.24) is 4.98 Å². The summed E-state index contributed by atoms with van der Waals surface area (Å²) in [6.07, 6.45) is 1.78. The van der Waals surface area contributed by atoms with Gasteiger partial charge in [0.2, 0.25) is 0 Å². The first-order valence-corrected chi connectivity index (χ1v) is 2.82. The van der Waals surface area contributed by atoms with Crippen molar-refractivity contribution in [1.29, 1.82) is 0 Å². The largest absolute Gasteiger partial charge is 0.361 e. The van der Waals surface area contributed by atoms with E-state index in [-0.39, 0.29) is 0 Å². The van der Waals surface area contributed by atoms with Gasteiger partial charge in [-0.05, 0) is 17.5 Å². The number of fused-ring (bicyclic) bond motifs is 1. The lowest BCUT2D eigenvalue weighted by molar-refractivity contribution is 1.48. The molecule has 44 valence electrons. The highest BCUT2D eigenvalue weighted by atomic mass is 14.6. The molecule has 0 spiro atoms. The first-order chi connectivity index (χ1) is 5.27. The molecule has 0 fully saturated rings. The maximum absolute atomic E-state index is 7.48. The van der Waals surface area contributed by atoms with Crippen LogP contribution in [0.1, 0.15) is 2.74 Å². The van der Waals surface area contributed by atoms with Gasteiger partial charge in [0.05, 0.1) is 2.74 Å². The van der Waals surface area contributed by atoms with Crippen LogP contribution in [-0.4, -0.2) is 4.98 Å². The van der Waals surface area contributed by atoms with E-state index in [0.717, 1.165) is 10.9 Å². The molecule has 0 aliphatic rings. The van der Waals surface area contributed by atoms with Gasteiger partial charge in [-0.1, -0.05) is 18.2 Å². The molecule has 0 amide bonds. The molecule has 9 heavy (non-hydrogen) atoms. The average Bonchev–Trinajstić information content (AvgIpc) is 2.34. The van der Waals surface area contributed by atoms with Crippen LogP contribution >= 0.6 is 0 Å². The number of hydrogen-bond acceptors (Lipinski definition) is 0. The lowest BCUT2D eigenvalue weighted by Gasteiger charge is -1.83. The second-order valence-electron chi connectivity index (χ2n) is 1.90. The minimum Gasteiger partial charge on any atom is -0.361 e. The molecule has 2 aromatic rings. The molecule has 0 aliphatic carbocycles. The Labute approximate surface area is 56.1 Å². The van der Waals surface area contributed by atoms with Gasteiger partial charge in [0.1, 0.15) is 0 Å². The van der Waals surface area contributed by atoms with Crippen LogP contribution in [0, 0.1) is 0 Å². The molecule has 0 unspecified atom stereocenters. The average molecular weight is 119 g/mol. The molecule has 1 nitrogen and oxygen atoms in total. The molecule has 0 atom stereocenters. The third-order valence-corrected chi connectivity index (χ3v) is 1.32. The van der Waals surface area contributed by atoms with E-state index in [1.54, 1.807) is 12.3 Å². The minimum atomic E-state index is 0.380. The van der Waals surface area contributed by atoms with Crippen molar-refractivity contribution in [3.63, 3.8) is 0 Å². The Morgan fingerprint density at radius 3 is 3.44 bits per heavy atom. The van der Waals surface area contributed by atoms with Gasteiger partial charge < -0.3 is 4.98 Å². The van der Waals surface area contributed by atoms with E-state index >= 15 is 0 Å². The van der Waals surface area contributed by atoms with Crippen molar-refractivity contribution in [2.75, 3.05) is 0 Å². The van der Waals surface area contributed by atoms with Crippen LogP contribution in [0.25, 0.3) is 10.9 Å². The maximum atomic E-state index is 7.48. The van der Waals surface area contributed by atoms with Crippen molar-refractivity contribution < 1.29 is 2.74 Å². The van der Waals surface area contributed by atoms with Gasteiger partial charge in [-0.25, -0.2) is 0 Å². The number of rotatable bonds is 0. The number of H-pyrrole nitrogens is 1. The summed E-state index contributed by atoms with van der Waals surface area (Å²) < 4.78 is 14.8. The zero-order chi connectivity index (χ0) is 7.84. The van der Waals surface area contributed by atoms with Crippen molar-refractivity contribution in [2.24, 2.45) is 0 Å². The number of benzene rings is 1. The van der Waals surface area contributed by atoms with Gasteiger partial charge in [-0.2, -0.15) is 0 Å². The predicted octanol–water partition coefficient (Wildman–Crippen LogP) is 2.17. The van der Waals surface area contributed by atoms with Gasteiger partial charge >= 0.3 is 0 Å². The van der Waals surface area contributed by atoms with Crippen LogP contribution in [-0.2, 0) is 0 Å². The van der Waals surface area contributed by atoms with Gasteiger partial charge in [0.25, 0.3) is 0 Å². The summed E-state index contributed by atoms with van der Waals surface area (Å²) >= 11 is 0. The Morgan fingerprint density at radius 1 is 1.44 bits per heavy atom. The Balaban J connectivity index is 2.91. The standard InChI is InChI=1S/C8H7N/c1-2-4-8-7(3-1)5-6-9-8/h1-6,9H/i2D,3D. The van der Waals surface area contributed by atoms with Crippen molar-refractivity contribution >= 4 is 10.9 Å². The zero-order valence-electron chi connectivity index (χ0n) is 6.81. The first-order valence-electron chi connectivity index (χ1n) is 3.82. The molecule has 1 heterocycles. The van der Waals surface area contributed by atoms with E-state index in [2.05, 4.69) is 4.98 Å². The highest BCUT2D eigenvalue weighted by Gasteiger charge is 1.86. The number of aromatic amines is 1. The summed E-state index contributed by atoms with van der Waals surface area (Å²) in [4.78, 5) is 2.96. The number of hydrogen-bond donors (Lipinski definition) is 1. The summed E-state index contributed by atoms with van der Waals surface area (Å²) in [7, 11) is 0. The molecule has 0 bridgehead atoms. The lowest BCUT2D eigenvalue weighted by Crippen LogP contribution is -1.61. The van der Waals surface area contributed by atoms with Gasteiger partial charge in [-0.15, -0.1) is 0 Å². The van der Waals surface area contributed by atoms with Crippen molar-refractivity contribution in [3.05, 3.63) is 36.5 Å². The van der Waals surface area contributed by atoms with E-state index in [0.29, 0.717) is 12.1 Å². The predicted molar refractivity (Wildman–Crippen MR) is 38.3 cm³/mol. The quantitative estimate of drug-likeness (QED) is 0.547. The number of aromatic nitrogens is 1. The molecule has 0 aliphatic heterocycles. The summed E-state index contributed by atoms with van der Waals surface area (Å²) in [6, 6.07) is 5.89. The first kappa shape index (κ1) is 3.06. The minimum absolute atomic E-state index is 0.380. The summed E-state index contributed by atoms with van der Waals surface area (Å²) in [5, 5.41) is 0.876. The molecular weight excluding hydrogens is 110 g/mol. The fraction of sp³-hybridized carbons (Fsp3) is 0. The zero-order valence-corrected chi connectivity index (χ0v) is 4.81. The second-order valence-corrected chi connectivity index (χ2v) is 1.90. The molecule has 1 N–H and O–H groups in total. The second kappa shape index (κ2) is 1.62. The highest BCUT2D eigenvalue weighted by Crippen LogP contribution is 2.09. The Kier molecular flexibility index (Phi) is 0.552. The SMILES string of the molecule is [2H]c1cc([2H])c2cc[nH]c2c1. The molecule has 0 saturated carbocycles. The summed E-state index contributed by atoms with van der Waals surface area (Å²) in [6.45, 7) is 0. The molecular formula is C8H7N. The van der Waals surface area contributed by atoms with Crippen LogP contribution in [0.5, 0.6) is 0 Å². The summed E-state index contributed by atoms with van der Waals surface area (Å²) in [5.74, 6) is 0. The van der Waals surface area contributed by atoms with Crippen LogP contribution in [0.2, 0.25) is 0 Å². The van der Waals surface area contributed by atoms with E-state index in [1.807, 2.05) is 6.07 Å². The third kappa shape index (κ3) is 0.617. The van der Waals surface area contributed by atoms with Crippen LogP contribution in [0.15, 0.2) is 36.5 Å². The van der Waals surface area contributed by atoms with Gasteiger partial charge in [0, 0.05) is 11.7 Å². The molecule has 1 aromatic carbocycles. The van der Waals surface area contributed by atoms with Crippen LogP contribution < -0.4 is 0 Å². The normalized spacial score (nSPS) is 13.3. The maximum Gasteiger partial charge on any atom is 0.0630 e. The third-order valence-electron chi connectivity index (χ3n) is 1.32. The number of para-hydroxylation sites is 1. The van der Waals surface area contributed by atoms with E-state index in [1.165, 1.54) is 6.07 Å². The molecule has 0 saturated heterocycles. The monoisotopic (exact) mass is 119 g/mol. The fourth-order valence-electron chi connectivity index (χ4n) is 0.872. The van der Waals surface area contributed by atoms with E-state index in [9.17, 15) is 0 Å². The molecule has 2 rings (SSSR count). The fourth-order valence-corrected chi connectivity index (χ4v) is 0.872. The van der Waals surface area contributed by atoms with Gasteiger partial charge in [-0.3, -0.25) is 0 Å². The molecule has 0 radical (unpaired) electrons. The molecule has 1 heteroatoms. The Morgan fingerprint density at radius 2 is 2.44 bits per heavy atom. The Hall–Kier alpha value is -1.24. The highest BCUT2D eigenvalue weighted by molar-refractivity contribution is 5.78. The van der Waals surface area contributed by atoms with Crippen LogP contribution in [0.4, 0.5) is 0 Å². The molecule has 1 aromatic heterocycles. The lowest BCUT2D eigenvalue weighted by atomic mass is 10.3. The van der Waals surface area contributed by atoms with Crippen molar-refractivity contribution in [2.45, 2.75) is 0 Å². The van der Waals surface area contributed by atoms with E-state index < -0.39 is 0 Å².